The van der Waals surface area contributed by atoms with Gasteiger partial charge in [-0.2, -0.15) is 0 Å². The molecule has 8 heteroatoms. The van der Waals surface area contributed by atoms with Crippen LogP contribution < -0.4 is 5.32 Å². The maximum atomic E-state index is 12.6. The van der Waals surface area contributed by atoms with Gasteiger partial charge in [-0.05, 0) is 42.9 Å². The van der Waals surface area contributed by atoms with Crippen LogP contribution in [-0.2, 0) is 24.3 Å². The van der Waals surface area contributed by atoms with Crippen LogP contribution in [-0.4, -0.2) is 73.9 Å². The molecule has 0 unspecified atom stereocenters. The van der Waals surface area contributed by atoms with Crippen LogP contribution in [0.4, 0.5) is 0 Å². The number of nitrogens with zero attached hydrogens (tertiary/aromatic N) is 4. The van der Waals surface area contributed by atoms with Crippen molar-refractivity contribution in [1.29, 1.82) is 0 Å². The Morgan fingerprint density at radius 3 is 2.22 bits per heavy atom. The summed E-state index contributed by atoms with van der Waals surface area (Å²) in [4.78, 5) is 23.4. The number of carbonyl (C=O) groups excluding carboxylic acids is 1. The fourth-order valence-corrected chi connectivity index (χ4v) is 3.95. The quantitative estimate of drug-likeness (QED) is 0.329. The number of aliphatic imine (C=N–C) groups is 1. The van der Waals surface area contributed by atoms with Crippen LogP contribution in [0.5, 0.6) is 0 Å². The zero-order valence-corrected chi connectivity index (χ0v) is 22.1. The standard InChI is InChI=1S/C24H32ClN5O.HI/c1-26-24(27-17-19-7-9-20(10-8-19)18-28(2)3)30-13-11-29(12-14-30)23(31)16-21-5-4-6-22(25)15-21;/h4-10,15H,11-14,16-18H2,1-3H3,(H,26,27);1H. The molecule has 1 heterocycles. The molecule has 0 bridgehead atoms. The summed E-state index contributed by atoms with van der Waals surface area (Å²) in [6.07, 6.45) is 0.386. The van der Waals surface area contributed by atoms with Gasteiger partial charge in [0.2, 0.25) is 5.91 Å². The van der Waals surface area contributed by atoms with E-state index in [1.807, 2.05) is 29.2 Å². The molecule has 32 heavy (non-hydrogen) atoms. The molecule has 6 nitrogen and oxygen atoms in total. The Morgan fingerprint density at radius 2 is 1.62 bits per heavy atom. The topological polar surface area (TPSA) is 51.2 Å². The Morgan fingerprint density at radius 1 is 1.00 bits per heavy atom. The number of piperazine rings is 1. The molecule has 1 aliphatic rings. The lowest BCUT2D eigenvalue weighted by Gasteiger charge is -2.36. The van der Waals surface area contributed by atoms with Crippen molar-refractivity contribution < 1.29 is 4.79 Å². The summed E-state index contributed by atoms with van der Waals surface area (Å²) in [6.45, 7) is 4.59. The molecule has 0 spiro atoms. The summed E-state index contributed by atoms with van der Waals surface area (Å²) in [5.41, 5.74) is 3.48. The molecule has 0 saturated carbocycles. The summed E-state index contributed by atoms with van der Waals surface area (Å²) in [5.74, 6) is 1.02. The number of guanidine groups is 1. The van der Waals surface area contributed by atoms with E-state index in [1.54, 1.807) is 7.05 Å². The van der Waals surface area contributed by atoms with Gasteiger partial charge in [0.25, 0.3) is 0 Å². The fourth-order valence-electron chi connectivity index (χ4n) is 3.74. The Bertz CT molecular complexity index is 896. The number of carbonyl (C=O) groups is 1. The fraction of sp³-hybridized carbons (Fsp3) is 0.417. The Kier molecular flexibility index (Phi) is 10.7. The third-order valence-corrected chi connectivity index (χ3v) is 5.60. The summed E-state index contributed by atoms with van der Waals surface area (Å²) in [6, 6.07) is 16.2. The lowest BCUT2D eigenvalue weighted by molar-refractivity contribution is -0.131. The minimum Gasteiger partial charge on any atom is -0.352 e. The first-order valence-electron chi connectivity index (χ1n) is 10.6. The number of hydrogen-bond acceptors (Lipinski definition) is 3. The first-order valence-corrected chi connectivity index (χ1v) is 11.0. The van der Waals surface area contributed by atoms with Crippen molar-refractivity contribution in [1.82, 2.24) is 20.0 Å². The van der Waals surface area contributed by atoms with Gasteiger partial charge in [-0.25, -0.2) is 0 Å². The van der Waals surface area contributed by atoms with Gasteiger partial charge in [0.15, 0.2) is 5.96 Å². The highest BCUT2D eigenvalue weighted by atomic mass is 127. The van der Waals surface area contributed by atoms with Crippen LogP contribution in [0, 0.1) is 0 Å². The predicted molar refractivity (Wildman–Crippen MR) is 143 cm³/mol. The van der Waals surface area contributed by atoms with Gasteiger partial charge < -0.3 is 20.0 Å². The summed E-state index contributed by atoms with van der Waals surface area (Å²) >= 11 is 6.03. The van der Waals surface area contributed by atoms with E-state index in [1.165, 1.54) is 11.1 Å². The first kappa shape index (κ1) is 26.4. The number of halogens is 2. The monoisotopic (exact) mass is 569 g/mol. The van der Waals surface area contributed by atoms with Crippen molar-refractivity contribution in [3.8, 4) is 0 Å². The van der Waals surface area contributed by atoms with E-state index >= 15 is 0 Å². The van der Waals surface area contributed by atoms with Gasteiger partial charge in [-0.15, -0.1) is 24.0 Å². The molecule has 174 valence electrons. The van der Waals surface area contributed by atoms with Crippen LogP contribution in [0.15, 0.2) is 53.5 Å². The normalized spacial score (nSPS) is 14.3. The molecule has 2 aromatic carbocycles. The number of nitrogens with one attached hydrogen (secondary N) is 1. The van der Waals surface area contributed by atoms with Gasteiger partial charge in [0.1, 0.15) is 0 Å². The van der Waals surface area contributed by atoms with E-state index in [-0.39, 0.29) is 29.9 Å². The average Bonchev–Trinajstić information content (AvgIpc) is 2.75. The molecule has 1 N–H and O–H groups in total. The zero-order chi connectivity index (χ0) is 22.2. The lowest BCUT2D eigenvalue weighted by atomic mass is 10.1. The molecule has 3 rings (SSSR count). The molecule has 0 atom stereocenters. The van der Waals surface area contributed by atoms with E-state index < -0.39 is 0 Å². The highest BCUT2D eigenvalue weighted by Gasteiger charge is 2.23. The van der Waals surface area contributed by atoms with Crippen LogP contribution in [0.2, 0.25) is 5.02 Å². The Balaban J connectivity index is 0.00000363. The van der Waals surface area contributed by atoms with Crippen molar-refractivity contribution in [3.63, 3.8) is 0 Å². The van der Waals surface area contributed by atoms with Gasteiger partial charge in [0.05, 0.1) is 6.42 Å². The number of rotatable bonds is 6. The molecular formula is C24H33ClIN5O. The molecule has 0 aromatic heterocycles. The van der Waals surface area contributed by atoms with Crippen molar-refractivity contribution in [3.05, 3.63) is 70.2 Å². The van der Waals surface area contributed by atoms with E-state index in [4.69, 9.17) is 11.6 Å². The van der Waals surface area contributed by atoms with Crippen molar-refractivity contribution in [2.75, 3.05) is 47.3 Å². The van der Waals surface area contributed by atoms with Gasteiger partial charge in [-0.1, -0.05) is 48.0 Å². The van der Waals surface area contributed by atoms with E-state index in [2.05, 4.69) is 58.5 Å². The highest BCUT2D eigenvalue weighted by Crippen LogP contribution is 2.13. The van der Waals surface area contributed by atoms with E-state index in [0.717, 1.165) is 37.7 Å². The van der Waals surface area contributed by atoms with Crippen molar-refractivity contribution in [2.45, 2.75) is 19.5 Å². The number of benzene rings is 2. The van der Waals surface area contributed by atoms with Crippen LogP contribution in [0.25, 0.3) is 0 Å². The number of amides is 1. The molecular weight excluding hydrogens is 537 g/mol. The largest absolute Gasteiger partial charge is 0.352 e. The second-order valence-electron chi connectivity index (χ2n) is 8.13. The van der Waals surface area contributed by atoms with Gasteiger partial charge in [0, 0.05) is 51.3 Å². The van der Waals surface area contributed by atoms with Crippen LogP contribution in [0.3, 0.4) is 0 Å². The molecule has 1 fully saturated rings. The number of hydrogen-bond donors (Lipinski definition) is 1. The molecule has 1 amide bonds. The summed E-state index contributed by atoms with van der Waals surface area (Å²) in [7, 11) is 5.95. The Hall–Kier alpha value is -1.84. The molecule has 1 saturated heterocycles. The molecule has 1 aliphatic heterocycles. The summed E-state index contributed by atoms with van der Waals surface area (Å²) < 4.78 is 0. The Labute approximate surface area is 213 Å². The maximum Gasteiger partial charge on any atom is 0.227 e. The zero-order valence-electron chi connectivity index (χ0n) is 19.1. The van der Waals surface area contributed by atoms with E-state index in [0.29, 0.717) is 24.5 Å². The van der Waals surface area contributed by atoms with Crippen LogP contribution in [0.1, 0.15) is 16.7 Å². The minimum atomic E-state index is 0. The SMILES string of the molecule is CN=C(NCc1ccc(CN(C)C)cc1)N1CCN(C(=O)Cc2cccc(Cl)c2)CC1.I. The third kappa shape index (κ3) is 7.94. The van der Waals surface area contributed by atoms with Gasteiger partial charge in [-0.3, -0.25) is 9.79 Å². The van der Waals surface area contributed by atoms with Crippen molar-refractivity contribution >= 4 is 47.4 Å². The molecule has 0 radical (unpaired) electrons. The van der Waals surface area contributed by atoms with Crippen LogP contribution >= 0.6 is 35.6 Å². The smallest absolute Gasteiger partial charge is 0.227 e. The maximum absolute atomic E-state index is 12.6. The second-order valence-corrected chi connectivity index (χ2v) is 8.57. The molecule has 0 aliphatic carbocycles. The van der Waals surface area contributed by atoms with E-state index in [9.17, 15) is 4.79 Å². The first-order chi connectivity index (χ1) is 14.9. The predicted octanol–water partition coefficient (Wildman–Crippen LogP) is 3.48. The highest BCUT2D eigenvalue weighted by molar-refractivity contribution is 14.0. The van der Waals surface area contributed by atoms with Crippen molar-refractivity contribution in [2.24, 2.45) is 4.99 Å². The third-order valence-electron chi connectivity index (χ3n) is 5.36. The minimum absolute atomic E-state index is 0. The summed E-state index contributed by atoms with van der Waals surface area (Å²) in [5, 5.41) is 4.12. The second kappa shape index (κ2) is 13.0. The lowest BCUT2D eigenvalue weighted by Crippen LogP contribution is -2.53. The average molecular weight is 570 g/mol. The van der Waals surface area contributed by atoms with Gasteiger partial charge >= 0.3 is 0 Å². The molecule has 2 aromatic rings.